The number of aryl methyl sites for hydroxylation is 1. The summed E-state index contributed by atoms with van der Waals surface area (Å²) in [5, 5.41) is 4.23. The van der Waals surface area contributed by atoms with Crippen LogP contribution in [0, 0.1) is 5.82 Å². The van der Waals surface area contributed by atoms with Gasteiger partial charge in [0.25, 0.3) is 5.56 Å². The van der Waals surface area contributed by atoms with Crippen LogP contribution in [0.25, 0.3) is 10.8 Å². The van der Waals surface area contributed by atoms with Crippen LogP contribution in [-0.4, -0.2) is 23.0 Å². The summed E-state index contributed by atoms with van der Waals surface area (Å²) in [7, 11) is 1.74. The molecule has 1 aliphatic carbocycles. The fourth-order valence-electron chi connectivity index (χ4n) is 4.03. The predicted molar refractivity (Wildman–Crippen MR) is 113 cm³/mol. The van der Waals surface area contributed by atoms with Crippen molar-refractivity contribution in [3.05, 3.63) is 74.9 Å². The largest absolute Gasteiger partial charge is 0.325 e. The van der Waals surface area contributed by atoms with Crippen molar-refractivity contribution in [2.45, 2.75) is 31.7 Å². The SMILES string of the molecule is CN(C(=O)Nc1ccc(F)c(Cl)c1)C1CCCCc2[nH]c(=O)c3ccccc3c21. The Morgan fingerprint density at radius 1 is 1.21 bits per heavy atom. The lowest BCUT2D eigenvalue weighted by atomic mass is 9.95. The normalized spacial score (nSPS) is 16.2. The molecule has 1 unspecified atom stereocenters. The first-order valence-corrected chi connectivity index (χ1v) is 9.96. The number of pyridine rings is 1. The second kappa shape index (κ2) is 7.87. The van der Waals surface area contributed by atoms with E-state index in [1.807, 2.05) is 18.2 Å². The monoisotopic (exact) mass is 413 g/mol. The Balaban J connectivity index is 1.71. The fraction of sp³-hybridized carbons (Fsp3) is 0.273. The maximum atomic E-state index is 13.4. The van der Waals surface area contributed by atoms with E-state index in [9.17, 15) is 14.0 Å². The number of urea groups is 1. The van der Waals surface area contributed by atoms with E-state index in [0.29, 0.717) is 11.1 Å². The minimum absolute atomic E-state index is 0.0474. The van der Waals surface area contributed by atoms with E-state index in [-0.39, 0.29) is 22.7 Å². The van der Waals surface area contributed by atoms with Crippen LogP contribution in [0.5, 0.6) is 0 Å². The van der Waals surface area contributed by atoms with Gasteiger partial charge in [0.1, 0.15) is 5.82 Å². The van der Waals surface area contributed by atoms with Crippen LogP contribution in [0.2, 0.25) is 5.02 Å². The summed E-state index contributed by atoms with van der Waals surface area (Å²) in [4.78, 5) is 30.1. The molecule has 1 aliphatic rings. The molecule has 3 aromatic rings. The molecule has 0 spiro atoms. The number of hydrogen-bond donors (Lipinski definition) is 2. The van der Waals surface area contributed by atoms with Gasteiger partial charge in [0.2, 0.25) is 0 Å². The second-order valence-corrected chi connectivity index (χ2v) is 7.73. The molecule has 0 fully saturated rings. The molecular formula is C22H21ClFN3O2. The highest BCUT2D eigenvalue weighted by Gasteiger charge is 2.28. The lowest BCUT2D eigenvalue weighted by Gasteiger charge is -2.30. The number of amides is 2. The molecule has 7 heteroatoms. The number of aromatic nitrogens is 1. The maximum Gasteiger partial charge on any atom is 0.322 e. The summed E-state index contributed by atoms with van der Waals surface area (Å²) in [5.74, 6) is -0.536. The maximum absolute atomic E-state index is 13.4. The van der Waals surface area contributed by atoms with Gasteiger partial charge in [-0.05, 0) is 48.9 Å². The molecule has 0 saturated carbocycles. The Bertz CT molecular complexity index is 1140. The molecular weight excluding hydrogens is 393 g/mol. The van der Waals surface area contributed by atoms with E-state index in [2.05, 4.69) is 10.3 Å². The molecule has 1 aromatic heterocycles. The fourth-order valence-corrected chi connectivity index (χ4v) is 4.21. The first-order valence-electron chi connectivity index (χ1n) is 9.58. The molecule has 2 aromatic carbocycles. The van der Waals surface area contributed by atoms with Crippen molar-refractivity contribution in [1.29, 1.82) is 0 Å². The molecule has 2 N–H and O–H groups in total. The van der Waals surface area contributed by atoms with Crippen molar-refractivity contribution in [2.75, 3.05) is 12.4 Å². The zero-order valence-electron chi connectivity index (χ0n) is 16.0. The molecule has 1 heterocycles. The molecule has 29 heavy (non-hydrogen) atoms. The van der Waals surface area contributed by atoms with Gasteiger partial charge in [-0.3, -0.25) is 4.79 Å². The van der Waals surface area contributed by atoms with Gasteiger partial charge in [-0.25, -0.2) is 9.18 Å². The Morgan fingerprint density at radius 3 is 2.72 bits per heavy atom. The van der Waals surface area contributed by atoms with E-state index in [1.165, 1.54) is 18.2 Å². The number of rotatable bonds is 2. The highest BCUT2D eigenvalue weighted by Crippen LogP contribution is 2.36. The van der Waals surface area contributed by atoms with Gasteiger partial charge in [-0.15, -0.1) is 0 Å². The van der Waals surface area contributed by atoms with Crippen LogP contribution >= 0.6 is 11.6 Å². The van der Waals surface area contributed by atoms with Crippen molar-refractivity contribution in [3.8, 4) is 0 Å². The summed E-state index contributed by atoms with van der Waals surface area (Å²) in [6, 6.07) is 11.1. The van der Waals surface area contributed by atoms with Crippen LogP contribution in [0.4, 0.5) is 14.9 Å². The van der Waals surface area contributed by atoms with Crippen LogP contribution in [0.3, 0.4) is 0 Å². The number of nitrogens with one attached hydrogen (secondary N) is 2. The first-order chi connectivity index (χ1) is 14.0. The molecule has 4 rings (SSSR count). The van der Waals surface area contributed by atoms with Crippen molar-refractivity contribution < 1.29 is 9.18 Å². The van der Waals surface area contributed by atoms with E-state index in [0.717, 1.165) is 42.3 Å². The number of nitrogens with zero attached hydrogens (tertiary/aromatic N) is 1. The van der Waals surface area contributed by atoms with Gasteiger partial charge in [0, 0.05) is 29.4 Å². The third-order valence-electron chi connectivity index (χ3n) is 5.50. The van der Waals surface area contributed by atoms with Gasteiger partial charge in [-0.2, -0.15) is 0 Å². The minimum atomic E-state index is -0.536. The van der Waals surface area contributed by atoms with Crippen LogP contribution in [-0.2, 0) is 6.42 Å². The number of halogens is 2. The number of carbonyl (C=O) groups is 1. The Hall–Kier alpha value is -2.86. The average Bonchev–Trinajstić information content (AvgIpc) is 2.93. The quantitative estimate of drug-likeness (QED) is 0.563. The van der Waals surface area contributed by atoms with Gasteiger partial charge < -0.3 is 15.2 Å². The minimum Gasteiger partial charge on any atom is -0.325 e. The van der Waals surface area contributed by atoms with E-state index in [1.54, 1.807) is 18.0 Å². The van der Waals surface area contributed by atoms with Crippen LogP contribution in [0.15, 0.2) is 47.3 Å². The second-order valence-electron chi connectivity index (χ2n) is 7.32. The molecule has 0 radical (unpaired) electrons. The number of hydrogen-bond acceptors (Lipinski definition) is 2. The van der Waals surface area contributed by atoms with Gasteiger partial charge in [0.15, 0.2) is 0 Å². The molecule has 1 atom stereocenters. The third kappa shape index (κ3) is 3.72. The Kier molecular flexibility index (Phi) is 5.28. The lowest BCUT2D eigenvalue weighted by Crippen LogP contribution is -2.35. The smallest absolute Gasteiger partial charge is 0.322 e. The zero-order chi connectivity index (χ0) is 20.5. The number of carbonyl (C=O) groups excluding carboxylic acids is 1. The van der Waals surface area contributed by atoms with Gasteiger partial charge in [0.05, 0.1) is 11.1 Å². The number of H-pyrrole nitrogens is 1. The molecule has 2 amide bonds. The summed E-state index contributed by atoms with van der Waals surface area (Å²) >= 11 is 5.82. The van der Waals surface area contributed by atoms with Crippen LogP contribution < -0.4 is 10.9 Å². The Labute approximate surface area is 172 Å². The standard InChI is InChI=1S/C22H21ClFN3O2/c1-27(22(29)25-13-10-11-17(24)16(23)12-13)19-9-5-4-8-18-20(19)14-6-2-3-7-15(14)21(28)26-18/h2-3,6-7,10-12,19H,4-5,8-9H2,1H3,(H,25,29)(H,26,28). The van der Waals surface area contributed by atoms with Gasteiger partial charge >= 0.3 is 6.03 Å². The molecule has 0 saturated heterocycles. The number of benzene rings is 2. The number of aromatic amines is 1. The lowest BCUT2D eigenvalue weighted by molar-refractivity contribution is 0.201. The highest BCUT2D eigenvalue weighted by molar-refractivity contribution is 6.31. The number of fused-ring (bicyclic) bond motifs is 3. The molecule has 0 aliphatic heterocycles. The first kappa shape index (κ1) is 19.5. The summed E-state index contributed by atoms with van der Waals surface area (Å²) in [5.41, 5.74) is 2.20. The van der Waals surface area contributed by atoms with E-state index < -0.39 is 5.82 Å². The summed E-state index contributed by atoms with van der Waals surface area (Å²) in [6.45, 7) is 0. The molecule has 0 bridgehead atoms. The zero-order valence-corrected chi connectivity index (χ0v) is 16.7. The molecule has 150 valence electrons. The van der Waals surface area contributed by atoms with Crippen molar-refractivity contribution in [1.82, 2.24) is 9.88 Å². The van der Waals surface area contributed by atoms with Crippen molar-refractivity contribution in [3.63, 3.8) is 0 Å². The van der Waals surface area contributed by atoms with Crippen molar-refractivity contribution >= 4 is 34.1 Å². The summed E-state index contributed by atoms with van der Waals surface area (Å²) in [6.07, 6.45) is 3.45. The summed E-state index contributed by atoms with van der Waals surface area (Å²) < 4.78 is 13.4. The Morgan fingerprint density at radius 2 is 1.97 bits per heavy atom. The third-order valence-corrected chi connectivity index (χ3v) is 5.79. The predicted octanol–water partition coefficient (Wildman–Crippen LogP) is 5.25. The average molecular weight is 414 g/mol. The number of anilines is 1. The van der Waals surface area contributed by atoms with Gasteiger partial charge in [-0.1, -0.05) is 36.2 Å². The highest BCUT2D eigenvalue weighted by atomic mass is 35.5. The molecule has 5 nitrogen and oxygen atoms in total. The van der Waals surface area contributed by atoms with E-state index >= 15 is 0 Å². The topological polar surface area (TPSA) is 65.2 Å². The van der Waals surface area contributed by atoms with Crippen molar-refractivity contribution in [2.24, 2.45) is 0 Å². The van der Waals surface area contributed by atoms with Crippen LogP contribution in [0.1, 0.15) is 36.6 Å². The van der Waals surface area contributed by atoms with E-state index in [4.69, 9.17) is 11.6 Å².